The van der Waals surface area contributed by atoms with Crippen molar-refractivity contribution in [3.8, 4) is 11.5 Å². The first-order chi connectivity index (χ1) is 14.5. The van der Waals surface area contributed by atoms with Crippen molar-refractivity contribution < 1.29 is 19.1 Å². The van der Waals surface area contributed by atoms with Crippen LogP contribution in [0.3, 0.4) is 0 Å². The molecule has 30 heavy (non-hydrogen) atoms. The van der Waals surface area contributed by atoms with E-state index in [0.717, 1.165) is 27.7 Å². The van der Waals surface area contributed by atoms with E-state index in [9.17, 15) is 9.59 Å². The van der Waals surface area contributed by atoms with Crippen LogP contribution in [0.1, 0.15) is 22.9 Å². The van der Waals surface area contributed by atoms with Gasteiger partial charge in [0.25, 0.3) is 0 Å². The molecular formula is C23H21N3O4. The van der Waals surface area contributed by atoms with E-state index >= 15 is 0 Å². The van der Waals surface area contributed by atoms with Crippen molar-refractivity contribution >= 4 is 22.7 Å². The molecule has 2 aromatic carbocycles. The molecule has 0 radical (unpaired) electrons. The highest BCUT2D eigenvalue weighted by Crippen LogP contribution is 2.45. The zero-order chi connectivity index (χ0) is 20.6. The van der Waals surface area contributed by atoms with Crippen LogP contribution in [0, 0.1) is 0 Å². The summed E-state index contributed by atoms with van der Waals surface area (Å²) in [5.41, 5.74) is 4.20. The lowest BCUT2D eigenvalue weighted by atomic mass is 9.86. The van der Waals surface area contributed by atoms with Crippen LogP contribution < -0.4 is 9.47 Å². The summed E-state index contributed by atoms with van der Waals surface area (Å²) in [5.74, 6) is 1.31. The van der Waals surface area contributed by atoms with E-state index in [4.69, 9.17) is 9.47 Å². The number of ether oxygens (including phenoxy) is 2. The van der Waals surface area contributed by atoms with Gasteiger partial charge in [0.2, 0.25) is 18.6 Å². The van der Waals surface area contributed by atoms with Crippen LogP contribution in [0.4, 0.5) is 0 Å². The molecule has 7 heteroatoms. The van der Waals surface area contributed by atoms with Crippen LogP contribution in [0.2, 0.25) is 0 Å². The lowest BCUT2D eigenvalue weighted by Gasteiger charge is -2.46. The Morgan fingerprint density at radius 3 is 2.67 bits per heavy atom. The Kier molecular flexibility index (Phi) is 3.48. The van der Waals surface area contributed by atoms with Gasteiger partial charge in [-0.1, -0.05) is 24.3 Å². The van der Waals surface area contributed by atoms with Crippen LogP contribution in [0.25, 0.3) is 10.9 Å². The zero-order valence-corrected chi connectivity index (χ0v) is 16.8. The zero-order valence-electron chi connectivity index (χ0n) is 16.8. The maximum Gasteiger partial charge on any atom is 0.245 e. The Hall–Kier alpha value is -3.48. The summed E-state index contributed by atoms with van der Waals surface area (Å²) in [5, 5.41) is 1.13. The topological polar surface area (TPSA) is 64.0 Å². The number of hydrogen-bond acceptors (Lipinski definition) is 4. The van der Waals surface area contributed by atoms with Crippen LogP contribution >= 0.6 is 0 Å². The number of aromatic nitrogens is 1. The van der Waals surface area contributed by atoms with Gasteiger partial charge in [0.15, 0.2) is 11.5 Å². The Bertz CT molecular complexity index is 1230. The van der Waals surface area contributed by atoms with Crippen molar-refractivity contribution in [2.75, 3.05) is 20.4 Å². The summed E-state index contributed by atoms with van der Waals surface area (Å²) in [4.78, 5) is 29.6. The predicted octanol–water partition coefficient (Wildman–Crippen LogP) is 2.22. The first kappa shape index (κ1) is 17.4. The Morgan fingerprint density at radius 1 is 1.00 bits per heavy atom. The largest absolute Gasteiger partial charge is 0.454 e. The molecule has 7 nitrogen and oxygen atoms in total. The van der Waals surface area contributed by atoms with E-state index in [-0.39, 0.29) is 31.2 Å². The fourth-order valence-electron chi connectivity index (χ4n) is 5.20. The summed E-state index contributed by atoms with van der Waals surface area (Å²) in [6.45, 7) is 0.285. The number of carbonyl (C=O) groups excluding carboxylic acids is 2. The minimum atomic E-state index is -0.509. The van der Waals surface area contributed by atoms with Gasteiger partial charge in [-0.05, 0) is 29.3 Å². The van der Waals surface area contributed by atoms with Gasteiger partial charge >= 0.3 is 0 Å². The van der Waals surface area contributed by atoms with E-state index in [1.54, 1.807) is 11.9 Å². The first-order valence-corrected chi connectivity index (χ1v) is 10.1. The number of carbonyl (C=O) groups is 2. The second kappa shape index (κ2) is 6.01. The standard InChI is InChI=1S/C23H21N3O4/c1-24-11-20(27)26-17(23(24)28)10-15-14-5-3-4-6-16(14)25(2)22(15)21(26)13-7-8-18-19(9-13)30-12-29-18/h3-9,17,21H,10-12H2,1-2H3/t17-,21+/m0/s1. The molecule has 0 aliphatic carbocycles. The number of rotatable bonds is 1. The molecule has 3 aromatic rings. The van der Waals surface area contributed by atoms with E-state index < -0.39 is 6.04 Å². The molecule has 3 aliphatic heterocycles. The molecule has 152 valence electrons. The van der Waals surface area contributed by atoms with Crippen LogP contribution in [-0.4, -0.2) is 52.6 Å². The van der Waals surface area contributed by atoms with Crippen LogP contribution in [0.15, 0.2) is 42.5 Å². The average molecular weight is 403 g/mol. The summed E-state index contributed by atoms with van der Waals surface area (Å²) >= 11 is 0. The lowest BCUT2D eigenvalue weighted by Crippen LogP contribution is -2.62. The van der Waals surface area contributed by atoms with E-state index in [1.165, 1.54) is 4.90 Å². The van der Waals surface area contributed by atoms with Crippen LogP contribution in [-0.2, 0) is 23.1 Å². The fraction of sp³-hybridized carbons (Fsp3) is 0.304. The third-order valence-electron chi connectivity index (χ3n) is 6.57. The van der Waals surface area contributed by atoms with Gasteiger partial charge in [-0.15, -0.1) is 0 Å². The molecule has 6 rings (SSSR count). The molecule has 2 atom stereocenters. The van der Waals surface area contributed by atoms with Gasteiger partial charge in [-0.3, -0.25) is 9.59 Å². The van der Waals surface area contributed by atoms with Gasteiger partial charge in [-0.25, -0.2) is 0 Å². The number of piperazine rings is 1. The van der Waals surface area contributed by atoms with Gasteiger partial charge in [-0.2, -0.15) is 0 Å². The van der Waals surface area contributed by atoms with Crippen LogP contribution in [0.5, 0.6) is 11.5 Å². The summed E-state index contributed by atoms with van der Waals surface area (Å²) in [7, 11) is 3.73. The maximum atomic E-state index is 13.2. The Balaban J connectivity index is 1.63. The maximum absolute atomic E-state index is 13.2. The van der Waals surface area contributed by atoms with Crippen molar-refractivity contribution in [2.45, 2.75) is 18.5 Å². The van der Waals surface area contributed by atoms with Crippen molar-refractivity contribution in [3.05, 3.63) is 59.3 Å². The summed E-state index contributed by atoms with van der Waals surface area (Å²) in [6, 6.07) is 13.1. The van der Waals surface area contributed by atoms with Crippen molar-refractivity contribution in [3.63, 3.8) is 0 Å². The normalized spacial score (nSPS) is 22.5. The number of hydrogen-bond donors (Lipinski definition) is 0. The second-order valence-corrected chi connectivity index (χ2v) is 8.17. The van der Waals surface area contributed by atoms with E-state index in [2.05, 4.69) is 16.7 Å². The quantitative estimate of drug-likeness (QED) is 0.625. The second-order valence-electron chi connectivity index (χ2n) is 8.17. The number of nitrogens with zero attached hydrogens (tertiary/aromatic N) is 3. The fourth-order valence-corrected chi connectivity index (χ4v) is 5.20. The third-order valence-corrected chi connectivity index (χ3v) is 6.57. The molecule has 0 spiro atoms. The molecule has 0 unspecified atom stereocenters. The highest BCUT2D eigenvalue weighted by molar-refractivity contribution is 5.97. The number of aryl methyl sites for hydroxylation is 1. The molecule has 2 amide bonds. The molecule has 4 heterocycles. The Morgan fingerprint density at radius 2 is 1.80 bits per heavy atom. The third kappa shape index (κ3) is 2.20. The number of benzene rings is 2. The average Bonchev–Trinajstić information content (AvgIpc) is 3.33. The van der Waals surface area contributed by atoms with Crippen molar-refractivity contribution in [1.29, 1.82) is 0 Å². The van der Waals surface area contributed by atoms with Gasteiger partial charge in [0.05, 0.1) is 12.6 Å². The SMILES string of the molecule is CN1CC(=O)N2[C@H](c3ccc4c(c3)OCO4)c3c(c4ccccc4n3C)C[C@H]2C1=O. The van der Waals surface area contributed by atoms with Gasteiger partial charge in [0.1, 0.15) is 6.04 Å². The number of likely N-dealkylation sites (N-methyl/N-ethyl adjacent to an activating group) is 1. The monoisotopic (exact) mass is 403 g/mol. The molecule has 0 bridgehead atoms. The van der Waals surface area contributed by atoms with E-state index in [1.807, 2.05) is 37.4 Å². The molecule has 1 saturated heterocycles. The first-order valence-electron chi connectivity index (χ1n) is 10.1. The predicted molar refractivity (Wildman–Crippen MR) is 109 cm³/mol. The van der Waals surface area contributed by atoms with Crippen molar-refractivity contribution in [2.24, 2.45) is 7.05 Å². The minimum Gasteiger partial charge on any atom is -0.454 e. The molecule has 1 aromatic heterocycles. The highest BCUT2D eigenvalue weighted by Gasteiger charge is 2.48. The number of para-hydroxylation sites is 1. The minimum absolute atomic E-state index is 0.0149. The Labute approximate surface area is 173 Å². The molecule has 1 fully saturated rings. The van der Waals surface area contributed by atoms with Gasteiger partial charge in [0, 0.05) is 37.1 Å². The lowest BCUT2D eigenvalue weighted by molar-refractivity contribution is -0.157. The van der Waals surface area contributed by atoms with Gasteiger partial charge < -0.3 is 23.8 Å². The smallest absolute Gasteiger partial charge is 0.245 e. The molecule has 0 saturated carbocycles. The molecular weight excluding hydrogens is 382 g/mol. The molecule has 0 N–H and O–H groups in total. The summed E-state index contributed by atoms with van der Waals surface area (Å²) < 4.78 is 13.2. The highest BCUT2D eigenvalue weighted by atomic mass is 16.7. The van der Waals surface area contributed by atoms with Crippen molar-refractivity contribution in [1.82, 2.24) is 14.4 Å². The summed E-state index contributed by atoms with van der Waals surface area (Å²) in [6.07, 6.45) is 0.520. The number of fused-ring (bicyclic) bond motifs is 5. The van der Waals surface area contributed by atoms with E-state index in [0.29, 0.717) is 17.9 Å². The molecule has 3 aliphatic rings. The number of amides is 2.